The monoisotopic (exact) mass is 428 g/mol. The summed E-state index contributed by atoms with van der Waals surface area (Å²) in [7, 11) is -4.12. The summed E-state index contributed by atoms with van der Waals surface area (Å²) in [6.07, 6.45) is 11.9. The first-order valence-electron chi connectivity index (χ1n) is 11.7. The van der Waals surface area contributed by atoms with E-state index in [2.05, 4.69) is 0 Å². The van der Waals surface area contributed by atoms with E-state index in [1.165, 1.54) is 12.8 Å². The smallest absolute Gasteiger partial charge is 0.309 e. The van der Waals surface area contributed by atoms with Crippen LogP contribution in [0.2, 0.25) is 0 Å². The van der Waals surface area contributed by atoms with Gasteiger partial charge in [0.1, 0.15) is 6.10 Å². The fraction of sp³-hybridized carbons (Fsp3) is 0.955. The highest BCUT2D eigenvalue weighted by molar-refractivity contribution is 7.86. The number of rotatable bonds is 6. The van der Waals surface area contributed by atoms with Gasteiger partial charge < -0.3 is 9.47 Å². The van der Waals surface area contributed by atoms with Gasteiger partial charge in [-0.15, -0.1) is 0 Å². The third-order valence-corrected chi connectivity index (χ3v) is 9.30. The lowest BCUT2D eigenvalue weighted by atomic mass is 9.76. The van der Waals surface area contributed by atoms with E-state index in [0.29, 0.717) is 12.8 Å². The summed E-state index contributed by atoms with van der Waals surface area (Å²) in [4.78, 5) is 13.2. The molecular formula is C22H36O6S. The number of esters is 1. The molecule has 0 spiro atoms. The largest absolute Gasteiger partial charge is 0.462 e. The number of hydrogen-bond acceptors (Lipinski definition) is 5. The van der Waals surface area contributed by atoms with Crippen molar-refractivity contribution in [3.8, 4) is 0 Å². The van der Waals surface area contributed by atoms with Gasteiger partial charge in [-0.05, 0) is 70.1 Å². The van der Waals surface area contributed by atoms with Gasteiger partial charge in [0.05, 0.1) is 23.4 Å². The molecule has 0 aromatic heterocycles. The maximum Gasteiger partial charge on any atom is 0.309 e. The molecule has 0 aromatic rings. The van der Waals surface area contributed by atoms with Crippen molar-refractivity contribution < 1.29 is 27.2 Å². The van der Waals surface area contributed by atoms with Gasteiger partial charge in [0, 0.05) is 5.92 Å². The van der Waals surface area contributed by atoms with Gasteiger partial charge >= 0.3 is 5.97 Å². The van der Waals surface area contributed by atoms with Crippen molar-refractivity contribution in [2.24, 2.45) is 23.7 Å². The third kappa shape index (κ3) is 4.67. The standard InChI is InChI=1S/C22H36O6S/c1-14(27-16-8-4-2-5-9-16)20-18-12-15(13-19(18)29(24,25)26)21(20)22(23)28-17-10-6-3-7-11-17/h14-21H,2-13H2,1H3,(H,24,25,26). The lowest BCUT2D eigenvalue weighted by Gasteiger charge is -2.39. The predicted molar refractivity (Wildman–Crippen MR) is 109 cm³/mol. The van der Waals surface area contributed by atoms with E-state index in [1.807, 2.05) is 6.92 Å². The molecule has 4 fully saturated rings. The molecule has 6 atom stereocenters. The molecule has 2 bridgehead atoms. The van der Waals surface area contributed by atoms with Crippen molar-refractivity contribution in [3.05, 3.63) is 0 Å². The summed E-state index contributed by atoms with van der Waals surface area (Å²) in [6.45, 7) is 1.99. The average Bonchev–Trinajstić information content (AvgIpc) is 3.28. The second-order valence-electron chi connectivity index (χ2n) is 9.85. The van der Waals surface area contributed by atoms with Crippen LogP contribution in [0.25, 0.3) is 0 Å². The molecule has 6 nitrogen and oxygen atoms in total. The summed E-state index contributed by atoms with van der Waals surface area (Å²) in [5.41, 5.74) is 0. The molecule has 0 aliphatic heterocycles. The molecule has 4 saturated carbocycles. The van der Waals surface area contributed by atoms with Crippen LogP contribution in [-0.4, -0.2) is 42.5 Å². The van der Waals surface area contributed by atoms with Crippen LogP contribution in [0.15, 0.2) is 0 Å². The van der Waals surface area contributed by atoms with Gasteiger partial charge in [-0.1, -0.05) is 25.7 Å². The van der Waals surface area contributed by atoms with Crippen molar-refractivity contribution in [1.29, 1.82) is 0 Å². The van der Waals surface area contributed by atoms with Crippen LogP contribution in [0.3, 0.4) is 0 Å². The number of fused-ring (bicyclic) bond motifs is 2. The maximum absolute atomic E-state index is 13.2. The topological polar surface area (TPSA) is 89.9 Å². The Morgan fingerprint density at radius 1 is 0.931 bits per heavy atom. The molecule has 29 heavy (non-hydrogen) atoms. The first kappa shape index (κ1) is 21.6. The van der Waals surface area contributed by atoms with E-state index < -0.39 is 15.4 Å². The fourth-order valence-corrected chi connectivity index (χ4v) is 7.93. The fourth-order valence-electron chi connectivity index (χ4n) is 6.70. The second-order valence-corrected chi connectivity index (χ2v) is 11.5. The normalized spacial score (nSPS) is 37.5. The Bertz CT molecular complexity index is 679. The summed E-state index contributed by atoms with van der Waals surface area (Å²) >= 11 is 0. The molecule has 0 saturated heterocycles. The van der Waals surface area contributed by atoms with Gasteiger partial charge in [-0.25, -0.2) is 0 Å². The summed E-state index contributed by atoms with van der Waals surface area (Å²) in [6, 6.07) is 0. The summed E-state index contributed by atoms with van der Waals surface area (Å²) in [5.74, 6) is -0.928. The Kier molecular flexibility index (Phi) is 6.57. The molecule has 0 heterocycles. The minimum atomic E-state index is -4.12. The zero-order valence-corrected chi connectivity index (χ0v) is 18.3. The number of carbonyl (C=O) groups is 1. The van der Waals surface area contributed by atoms with Crippen LogP contribution in [0.4, 0.5) is 0 Å². The Balaban J connectivity index is 1.50. The van der Waals surface area contributed by atoms with Gasteiger partial charge in [0.25, 0.3) is 10.1 Å². The number of hydrogen-bond donors (Lipinski definition) is 1. The quantitative estimate of drug-likeness (QED) is 0.505. The van der Waals surface area contributed by atoms with E-state index in [-0.39, 0.29) is 48.0 Å². The molecule has 4 aliphatic rings. The Labute approximate surface area is 174 Å². The molecule has 0 amide bonds. The van der Waals surface area contributed by atoms with Crippen LogP contribution in [0.5, 0.6) is 0 Å². The molecule has 0 aromatic carbocycles. The molecule has 6 unspecified atom stereocenters. The highest BCUT2D eigenvalue weighted by Crippen LogP contribution is 2.56. The van der Waals surface area contributed by atoms with Gasteiger partial charge in [0.15, 0.2) is 0 Å². The van der Waals surface area contributed by atoms with E-state index in [9.17, 15) is 17.8 Å². The van der Waals surface area contributed by atoms with Crippen molar-refractivity contribution in [2.45, 2.75) is 108 Å². The van der Waals surface area contributed by atoms with Crippen molar-refractivity contribution in [1.82, 2.24) is 0 Å². The Hall–Kier alpha value is -0.660. The lowest BCUT2D eigenvalue weighted by Crippen LogP contribution is -2.46. The van der Waals surface area contributed by atoms with Crippen molar-refractivity contribution in [3.63, 3.8) is 0 Å². The van der Waals surface area contributed by atoms with Crippen LogP contribution in [0.1, 0.15) is 84.0 Å². The third-order valence-electron chi connectivity index (χ3n) is 8.00. The minimum absolute atomic E-state index is 0.00275. The molecule has 4 aliphatic carbocycles. The van der Waals surface area contributed by atoms with Gasteiger partial charge in [-0.3, -0.25) is 9.35 Å². The summed E-state index contributed by atoms with van der Waals surface area (Å²) < 4.78 is 46.0. The van der Waals surface area contributed by atoms with Crippen LogP contribution >= 0.6 is 0 Å². The zero-order valence-electron chi connectivity index (χ0n) is 17.5. The van der Waals surface area contributed by atoms with E-state index >= 15 is 0 Å². The first-order valence-corrected chi connectivity index (χ1v) is 13.2. The van der Waals surface area contributed by atoms with Crippen molar-refractivity contribution >= 4 is 16.1 Å². The van der Waals surface area contributed by atoms with Gasteiger partial charge in [0.2, 0.25) is 0 Å². The predicted octanol–water partition coefficient (Wildman–Crippen LogP) is 4.13. The SMILES string of the molecule is CC(OC1CCCCC1)C1C2CC(CC2S(=O)(=O)O)C1C(=O)OC1CCCCC1. The molecule has 1 N–H and O–H groups in total. The first-order chi connectivity index (χ1) is 13.8. The molecular weight excluding hydrogens is 392 g/mol. The minimum Gasteiger partial charge on any atom is -0.462 e. The van der Waals surface area contributed by atoms with E-state index in [4.69, 9.17) is 9.47 Å². The Morgan fingerprint density at radius 2 is 1.52 bits per heavy atom. The van der Waals surface area contributed by atoms with E-state index in [1.54, 1.807) is 0 Å². The van der Waals surface area contributed by atoms with Crippen LogP contribution in [0, 0.1) is 23.7 Å². The van der Waals surface area contributed by atoms with E-state index in [0.717, 1.165) is 51.4 Å². The highest BCUT2D eigenvalue weighted by atomic mass is 32.2. The Morgan fingerprint density at radius 3 is 2.10 bits per heavy atom. The average molecular weight is 429 g/mol. The highest BCUT2D eigenvalue weighted by Gasteiger charge is 2.60. The summed E-state index contributed by atoms with van der Waals surface area (Å²) in [5, 5.41) is -0.770. The maximum atomic E-state index is 13.2. The van der Waals surface area contributed by atoms with Gasteiger partial charge in [-0.2, -0.15) is 8.42 Å². The number of carbonyl (C=O) groups excluding carboxylic acids is 1. The second kappa shape index (κ2) is 8.83. The molecule has 7 heteroatoms. The molecule has 0 radical (unpaired) electrons. The van der Waals surface area contributed by atoms with Crippen LogP contribution in [-0.2, 0) is 24.4 Å². The van der Waals surface area contributed by atoms with Crippen molar-refractivity contribution in [2.75, 3.05) is 0 Å². The lowest BCUT2D eigenvalue weighted by molar-refractivity contribution is -0.164. The zero-order chi connectivity index (χ0) is 20.6. The van der Waals surface area contributed by atoms with Crippen LogP contribution < -0.4 is 0 Å². The molecule has 166 valence electrons. The molecule has 4 rings (SSSR count). The number of ether oxygens (including phenoxy) is 2.